The highest BCUT2D eigenvalue weighted by molar-refractivity contribution is 5.75. The Morgan fingerprint density at radius 1 is 1.29 bits per heavy atom. The quantitative estimate of drug-likeness (QED) is 0.819. The van der Waals surface area contributed by atoms with Gasteiger partial charge in [0.05, 0.1) is 6.04 Å². The van der Waals surface area contributed by atoms with Crippen molar-refractivity contribution in [1.82, 2.24) is 5.32 Å². The van der Waals surface area contributed by atoms with E-state index in [0.29, 0.717) is 5.75 Å². The fourth-order valence-corrected chi connectivity index (χ4v) is 1.92. The molecule has 1 aromatic carbocycles. The average molecular weight is 288 g/mol. The van der Waals surface area contributed by atoms with Gasteiger partial charge in [-0.3, -0.25) is 4.79 Å². The smallest absolute Gasteiger partial charge is 0.255 e. The number of ether oxygens (including phenoxy) is 1. The van der Waals surface area contributed by atoms with Crippen molar-refractivity contribution in [1.29, 1.82) is 0 Å². The van der Waals surface area contributed by atoms with Gasteiger partial charge in [-0.2, -0.15) is 0 Å². The summed E-state index contributed by atoms with van der Waals surface area (Å²) in [5.74, 6) is 1.99. The lowest BCUT2D eigenvalue weighted by Gasteiger charge is -2.12. The third kappa shape index (κ3) is 4.65. The lowest BCUT2D eigenvalue weighted by atomic mass is 10.2. The molecule has 0 aliphatic heterocycles. The van der Waals surface area contributed by atoms with Crippen molar-refractivity contribution in [3.8, 4) is 5.75 Å². The van der Waals surface area contributed by atoms with Crippen LogP contribution in [0, 0.1) is 6.92 Å². The Balaban J connectivity index is 1.84. The van der Waals surface area contributed by atoms with Crippen molar-refractivity contribution in [2.45, 2.75) is 26.4 Å². The standard InChI is InChI=1S/C16H20N2O3/c1-11-3-8-15(21-11)12(2)18-9-13-4-6-14(7-5-13)20-10-16(17)19/h3-8,12,18H,9-10H2,1-2H3,(H2,17,19). The number of rotatable bonds is 7. The molecule has 1 amide bonds. The van der Waals surface area contributed by atoms with Crippen LogP contribution >= 0.6 is 0 Å². The summed E-state index contributed by atoms with van der Waals surface area (Å²) in [7, 11) is 0. The summed E-state index contributed by atoms with van der Waals surface area (Å²) in [4.78, 5) is 10.6. The van der Waals surface area contributed by atoms with Crippen molar-refractivity contribution < 1.29 is 13.9 Å². The van der Waals surface area contributed by atoms with Gasteiger partial charge in [-0.05, 0) is 43.7 Å². The van der Waals surface area contributed by atoms with Crippen molar-refractivity contribution >= 4 is 5.91 Å². The van der Waals surface area contributed by atoms with Gasteiger partial charge < -0.3 is 20.2 Å². The molecule has 0 bridgehead atoms. The maximum Gasteiger partial charge on any atom is 0.255 e. The maximum absolute atomic E-state index is 10.6. The van der Waals surface area contributed by atoms with Crippen LogP contribution < -0.4 is 15.8 Å². The van der Waals surface area contributed by atoms with Gasteiger partial charge in [0.1, 0.15) is 17.3 Å². The molecule has 0 fully saturated rings. The number of hydrogen-bond acceptors (Lipinski definition) is 4. The molecule has 5 nitrogen and oxygen atoms in total. The van der Waals surface area contributed by atoms with Crippen LogP contribution in [0.15, 0.2) is 40.8 Å². The molecule has 2 rings (SSSR count). The molecule has 5 heteroatoms. The second-order valence-corrected chi connectivity index (χ2v) is 4.95. The zero-order chi connectivity index (χ0) is 15.2. The first-order valence-corrected chi connectivity index (χ1v) is 6.84. The second-order valence-electron chi connectivity index (χ2n) is 4.95. The van der Waals surface area contributed by atoms with Gasteiger partial charge in [0, 0.05) is 6.54 Å². The van der Waals surface area contributed by atoms with E-state index in [4.69, 9.17) is 14.9 Å². The van der Waals surface area contributed by atoms with E-state index in [-0.39, 0.29) is 12.6 Å². The molecule has 1 unspecified atom stereocenters. The zero-order valence-corrected chi connectivity index (χ0v) is 12.3. The topological polar surface area (TPSA) is 77.5 Å². The molecule has 0 saturated carbocycles. The average Bonchev–Trinajstić information content (AvgIpc) is 2.90. The summed E-state index contributed by atoms with van der Waals surface area (Å²) < 4.78 is 10.8. The summed E-state index contributed by atoms with van der Waals surface area (Å²) in [6.07, 6.45) is 0. The minimum absolute atomic E-state index is 0.105. The highest BCUT2D eigenvalue weighted by Gasteiger charge is 2.08. The van der Waals surface area contributed by atoms with Crippen molar-refractivity contribution in [2.75, 3.05) is 6.61 Å². The van der Waals surface area contributed by atoms with Crippen LogP contribution in [0.1, 0.15) is 30.0 Å². The number of carbonyl (C=O) groups is 1. The number of benzene rings is 1. The third-order valence-electron chi connectivity index (χ3n) is 3.10. The van der Waals surface area contributed by atoms with Gasteiger partial charge in [0.15, 0.2) is 6.61 Å². The van der Waals surface area contributed by atoms with Crippen LogP contribution in [0.4, 0.5) is 0 Å². The highest BCUT2D eigenvalue weighted by Crippen LogP contribution is 2.17. The predicted molar refractivity (Wildman–Crippen MR) is 79.8 cm³/mol. The summed E-state index contributed by atoms with van der Waals surface area (Å²) in [5, 5.41) is 3.39. The van der Waals surface area contributed by atoms with E-state index in [9.17, 15) is 4.79 Å². The Labute approximate surface area is 124 Å². The van der Waals surface area contributed by atoms with Crippen LogP contribution in [0.2, 0.25) is 0 Å². The van der Waals surface area contributed by atoms with Crippen LogP contribution in [0.3, 0.4) is 0 Å². The van der Waals surface area contributed by atoms with E-state index in [1.165, 1.54) is 0 Å². The SMILES string of the molecule is Cc1ccc(C(C)NCc2ccc(OCC(N)=O)cc2)o1. The largest absolute Gasteiger partial charge is 0.484 e. The first-order chi connectivity index (χ1) is 10.0. The summed E-state index contributed by atoms with van der Waals surface area (Å²) in [5.41, 5.74) is 6.15. The van der Waals surface area contributed by atoms with Crippen molar-refractivity contribution in [2.24, 2.45) is 5.73 Å². The van der Waals surface area contributed by atoms with E-state index in [0.717, 1.165) is 23.6 Å². The first kappa shape index (κ1) is 15.1. The fourth-order valence-electron chi connectivity index (χ4n) is 1.92. The number of primary amides is 1. The lowest BCUT2D eigenvalue weighted by Crippen LogP contribution is -2.20. The summed E-state index contributed by atoms with van der Waals surface area (Å²) >= 11 is 0. The summed E-state index contributed by atoms with van der Waals surface area (Å²) in [6, 6.07) is 11.6. The number of hydrogen-bond donors (Lipinski definition) is 2. The van der Waals surface area contributed by atoms with E-state index >= 15 is 0 Å². The van der Waals surface area contributed by atoms with E-state index < -0.39 is 5.91 Å². The summed E-state index contributed by atoms with van der Waals surface area (Å²) in [6.45, 7) is 4.60. The number of nitrogens with two attached hydrogens (primary N) is 1. The van der Waals surface area contributed by atoms with Crippen molar-refractivity contribution in [3.63, 3.8) is 0 Å². The zero-order valence-electron chi connectivity index (χ0n) is 12.3. The minimum Gasteiger partial charge on any atom is -0.484 e. The molecule has 0 aliphatic carbocycles. The molecule has 0 radical (unpaired) electrons. The van der Waals surface area contributed by atoms with Crippen LogP contribution in [0.25, 0.3) is 0 Å². The molecule has 112 valence electrons. The van der Waals surface area contributed by atoms with E-state index in [1.807, 2.05) is 43.3 Å². The molecule has 3 N–H and O–H groups in total. The van der Waals surface area contributed by atoms with Gasteiger partial charge in [0.2, 0.25) is 0 Å². The molecule has 0 spiro atoms. The van der Waals surface area contributed by atoms with E-state index in [2.05, 4.69) is 12.2 Å². The highest BCUT2D eigenvalue weighted by atomic mass is 16.5. The van der Waals surface area contributed by atoms with Crippen LogP contribution in [0.5, 0.6) is 5.75 Å². The Morgan fingerprint density at radius 3 is 2.57 bits per heavy atom. The molecule has 0 aliphatic rings. The Hall–Kier alpha value is -2.27. The van der Waals surface area contributed by atoms with Gasteiger partial charge in [-0.1, -0.05) is 12.1 Å². The van der Waals surface area contributed by atoms with Crippen LogP contribution in [-0.2, 0) is 11.3 Å². The molecule has 1 atom stereocenters. The van der Waals surface area contributed by atoms with Crippen LogP contribution in [-0.4, -0.2) is 12.5 Å². The number of furan rings is 1. The molecular weight excluding hydrogens is 268 g/mol. The molecule has 0 saturated heterocycles. The maximum atomic E-state index is 10.6. The van der Waals surface area contributed by atoms with E-state index in [1.54, 1.807) is 0 Å². The number of aryl methyl sites for hydroxylation is 1. The third-order valence-corrected chi connectivity index (χ3v) is 3.10. The monoisotopic (exact) mass is 288 g/mol. The Morgan fingerprint density at radius 2 is 2.00 bits per heavy atom. The number of nitrogens with one attached hydrogen (secondary N) is 1. The normalized spacial score (nSPS) is 12.1. The molecule has 2 aromatic rings. The Bertz CT molecular complexity index is 590. The fraction of sp³-hybridized carbons (Fsp3) is 0.312. The molecule has 1 aromatic heterocycles. The first-order valence-electron chi connectivity index (χ1n) is 6.84. The van der Waals surface area contributed by atoms with Gasteiger partial charge in [-0.25, -0.2) is 0 Å². The second kappa shape index (κ2) is 6.95. The van der Waals surface area contributed by atoms with Gasteiger partial charge >= 0.3 is 0 Å². The molecular formula is C16H20N2O3. The number of carbonyl (C=O) groups excluding carboxylic acids is 1. The molecule has 21 heavy (non-hydrogen) atoms. The van der Waals surface area contributed by atoms with Crippen molar-refractivity contribution in [3.05, 3.63) is 53.5 Å². The Kier molecular flexibility index (Phi) is 5.00. The van der Waals surface area contributed by atoms with Gasteiger partial charge in [-0.15, -0.1) is 0 Å². The van der Waals surface area contributed by atoms with Gasteiger partial charge in [0.25, 0.3) is 5.91 Å². The lowest BCUT2D eigenvalue weighted by molar-refractivity contribution is -0.119. The minimum atomic E-state index is -0.483. The molecule has 1 heterocycles. The predicted octanol–water partition coefficient (Wildman–Crippen LogP) is 2.30. The number of amides is 1.